The molecule has 1 aromatic carbocycles. The highest BCUT2D eigenvalue weighted by atomic mass is 79.9. The van der Waals surface area contributed by atoms with E-state index in [1.807, 2.05) is 0 Å². The van der Waals surface area contributed by atoms with Crippen molar-refractivity contribution in [3.05, 3.63) is 28.2 Å². The van der Waals surface area contributed by atoms with Gasteiger partial charge < -0.3 is 10.2 Å². The quantitative estimate of drug-likeness (QED) is 0.786. The van der Waals surface area contributed by atoms with Gasteiger partial charge >= 0.3 is 0 Å². The molecule has 1 aromatic rings. The SMILES string of the molecule is CCC(C)N(CC)c1ccc(CNC(C)(C)C)c(Br)c1. The number of nitrogens with zero attached hydrogens (tertiary/aromatic N) is 1. The normalized spacial score (nSPS) is 13.3. The first kappa shape index (κ1) is 17.5. The van der Waals surface area contributed by atoms with Gasteiger partial charge in [-0.25, -0.2) is 0 Å². The number of halogens is 1. The Kier molecular flexibility index (Phi) is 6.53. The lowest BCUT2D eigenvalue weighted by molar-refractivity contribution is 0.424. The molecule has 0 radical (unpaired) electrons. The van der Waals surface area contributed by atoms with Gasteiger partial charge in [-0.2, -0.15) is 0 Å². The number of anilines is 1. The Bertz CT molecular complexity index is 423. The van der Waals surface area contributed by atoms with Crippen LogP contribution >= 0.6 is 15.9 Å². The van der Waals surface area contributed by atoms with Crippen molar-refractivity contribution in [2.24, 2.45) is 0 Å². The van der Waals surface area contributed by atoms with Gasteiger partial charge in [-0.15, -0.1) is 0 Å². The molecule has 0 fully saturated rings. The fraction of sp³-hybridized carbons (Fsp3) is 0.647. The summed E-state index contributed by atoms with van der Waals surface area (Å²) in [7, 11) is 0. The van der Waals surface area contributed by atoms with E-state index in [9.17, 15) is 0 Å². The topological polar surface area (TPSA) is 15.3 Å². The van der Waals surface area contributed by atoms with E-state index in [0.717, 1.165) is 13.1 Å². The summed E-state index contributed by atoms with van der Waals surface area (Å²) in [6.07, 6.45) is 1.17. The van der Waals surface area contributed by atoms with Gasteiger partial charge in [-0.1, -0.05) is 28.9 Å². The van der Waals surface area contributed by atoms with Crippen LogP contribution in [0.25, 0.3) is 0 Å². The third-order valence-corrected chi connectivity index (χ3v) is 4.38. The van der Waals surface area contributed by atoms with Crippen molar-refractivity contribution in [2.45, 2.75) is 66.1 Å². The number of rotatable bonds is 6. The van der Waals surface area contributed by atoms with Crippen LogP contribution in [0, 0.1) is 0 Å². The third-order valence-electron chi connectivity index (χ3n) is 3.64. The number of hydrogen-bond donors (Lipinski definition) is 1. The Morgan fingerprint density at radius 2 is 1.90 bits per heavy atom. The maximum absolute atomic E-state index is 3.72. The van der Waals surface area contributed by atoms with Crippen LogP contribution in [0.2, 0.25) is 0 Å². The predicted molar refractivity (Wildman–Crippen MR) is 93.5 cm³/mol. The first-order valence-electron chi connectivity index (χ1n) is 7.58. The van der Waals surface area contributed by atoms with Gasteiger partial charge in [-0.05, 0) is 58.7 Å². The van der Waals surface area contributed by atoms with Gasteiger partial charge in [0, 0.05) is 34.8 Å². The fourth-order valence-electron chi connectivity index (χ4n) is 2.19. The van der Waals surface area contributed by atoms with Crippen molar-refractivity contribution >= 4 is 21.6 Å². The summed E-state index contributed by atoms with van der Waals surface area (Å²) in [5.41, 5.74) is 2.75. The van der Waals surface area contributed by atoms with E-state index < -0.39 is 0 Å². The minimum atomic E-state index is 0.143. The second kappa shape index (κ2) is 7.46. The molecular formula is C17H29BrN2. The van der Waals surface area contributed by atoms with E-state index in [2.05, 4.69) is 85.9 Å². The van der Waals surface area contributed by atoms with Gasteiger partial charge in [0.2, 0.25) is 0 Å². The lowest BCUT2D eigenvalue weighted by atomic mass is 10.1. The Hall–Kier alpha value is -0.540. The Morgan fingerprint density at radius 1 is 1.25 bits per heavy atom. The maximum atomic E-state index is 3.72. The molecule has 0 saturated carbocycles. The van der Waals surface area contributed by atoms with E-state index in [0.29, 0.717) is 6.04 Å². The Balaban J connectivity index is 2.86. The molecule has 0 spiro atoms. The fourth-order valence-corrected chi connectivity index (χ4v) is 2.69. The monoisotopic (exact) mass is 340 g/mol. The van der Waals surface area contributed by atoms with E-state index in [4.69, 9.17) is 0 Å². The maximum Gasteiger partial charge on any atom is 0.0380 e. The van der Waals surface area contributed by atoms with Crippen molar-refractivity contribution in [1.29, 1.82) is 0 Å². The van der Waals surface area contributed by atoms with Gasteiger partial charge in [0.15, 0.2) is 0 Å². The zero-order chi connectivity index (χ0) is 15.3. The molecule has 0 aliphatic heterocycles. The van der Waals surface area contributed by atoms with Crippen LogP contribution in [0.5, 0.6) is 0 Å². The standard InChI is InChI=1S/C17H29BrN2/c1-7-13(3)20(8-2)15-10-9-14(16(18)11-15)12-19-17(4,5)6/h9-11,13,19H,7-8,12H2,1-6H3. The van der Waals surface area contributed by atoms with Crippen LogP contribution in [0.15, 0.2) is 22.7 Å². The number of hydrogen-bond acceptors (Lipinski definition) is 2. The average Bonchev–Trinajstić information content (AvgIpc) is 2.37. The number of benzene rings is 1. The molecule has 20 heavy (non-hydrogen) atoms. The van der Waals surface area contributed by atoms with Crippen molar-refractivity contribution < 1.29 is 0 Å². The Morgan fingerprint density at radius 3 is 2.35 bits per heavy atom. The molecule has 0 aromatic heterocycles. The molecule has 0 amide bonds. The van der Waals surface area contributed by atoms with Crippen LogP contribution in [0.3, 0.4) is 0 Å². The number of nitrogens with one attached hydrogen (secondary N) is 1. The Labute approximate surface area is 133 Å². The van der Waals surface area contributed by atoms with E-state index in [1.54, 1.807) is 0 Å². The van der Waals surface area contributed by atoms with Crippen molar-refractivity contribution in [3.8, 4) is 0 Å². The summed E-state index contributed by atoms with van der Waals surface area (Å²) in [4.78, 5) is 2.45. The molecule has 0 saturated heterocycles. The van der Waals surface area contributed by atoms with Gasteiger partial charge in [0.1, 0.15) is 0 Å². The molecule has 0 aliphatic carbocycles. The smallest absolute Gasteiger partial charge is 0.0380 e. The van der Waals surface area contributed by atoms with E-state index in [1.165, 1.54) is 22.1 Å². The summed E-state index contributed by atoms with van der Waals surface area (Å²) in [5, 5.41) is 3.53. The van der Waals surface area contributed by atoms with Crippen LogP contribution in [0.4, 0.5) is 5.69 Å². The molecule has 3 heteroatoms. The molecule has 1 atom stereocenters. The summed E-state index contributed by atoms with van der Waals surface area (Å²) in [6, 6.07) is 7.28. The summed E-state index contributed by atoms with van der Waals surface area (Å²) in [5.74, 6) is 0. The van der Waals surface area contributed by atoms with Crippen LogP contribution in [-0.2, 0) is 6.54 Å². The van der Waals surface area contributed by atoms with Gasteiger partial charge in [0.25, 0.3) is 0 Å². The minimum Gasteiger partial charge on any atom is -0.369 e. The minimum absolute atomic E-state index is 0.143. The third kappa shape index (κ3) is 5.10. The van der Waals surface area contributed by atoms with E-state index in [-0.39, 0.29) is 5.54 Å². The van der Waals surface area contributed by atoms with Crippen LogP contribution < -0.4 is 10.2 Å². The predicted octanol–water partition coefficient (Wildman–Crippen LogP) is 4.96. The highest BCUT2D eigenvalue weighted by Gasteiger charge is 2.14. The summed E-state index contributed by atoms with van der Waals surface area (Å²) in [6.45, 7) is 15.2. The van der Waals surface area contributed by atoms with E-state index >= 15 is 0 Å². The summed E-state index contributed by atoms with van der Waals surface area (Å²) >= 11 is 3.72. The summed E-state index contributed by atoms with van der Waals surface area (Å²) < 4.78 is 1.19. The molecule has 0 aliphatic rings. The zero-order valence-corrected chi connectivity index (χ0v) is 15.3. The largest absolute Gasteiger partial charge is 0.369 e. The molecule has 0 heterocycles. The molecule has 0 bridgehead atoms. The molecule has 2 nitrogen and oxygen atoms in total. The molecule has 1 rings (SSSR count). The van der Waals surface area contributed by atoms with Crippen molar-refractivity contribution in [3.63, 3.8) is 0 Å². The first-order chi connectivity index (χ1) is 9.28. The van der Waals surface area contributed by atoms with Crippen molar-refractivity contribution in [2.75, 3.05) is 11.4 Å². The first-order valence-corrected chi connectivity index (χ1v) is 8.37. The average molecular weight is 341 g/mol. The molecule has 114 valence electrons. The lowest BCUT2D eigenvalue weighted by Crippen LogP contribution is -2.35. The zero-order valence-electron chi connectivity index (χ0n) is 13.8. The van der Waals surface area contributed by atoms with Crippen LogP contribution in [-0.4, -0.2) is 18.1 Å². The van der Waals surface area contributed by atoms with Crippen molar-refractivity contribution in [1.82, 2.24) is 5.32 Å². The molecule has 1 N–H and O–H groups in total. The van der Waals surface area contributed by atoms with Crippen LogP contribution in [0.1, 0.15) is 53.5 Å². The van der Waals surface area contributed by atoms with Gasteiger partial charge in [0.05, 0.1) is 0 Å². The van der Waals surface area contributed by atoms with Gasteiger partial charge in [-0.3, -0.25) is 0 Å². The molecule has 1 unspecified atom stereocenters. The highest BCUT2D eigenvalue weighted by molar-refractivity contribution is 9.10. The molecular weight excluding hydrogens is 312 g/mol. The lowest BCUT2D eigenvalue weighted by Gasteiger charge is -2.30. The second-order valence-electron chi connectivity index (χ2n) is 6.42. The second-order valence-corrected chi connectivity index (χ2v) is 7.28. The highest BCUT2D eigenvalue weighted by Crippen LogP contribution is 2.26.